The Morgan fingerprint density at radius 2 is 1.83 bits per heavy atom. The number of aliphatic hydroxyl groups is 1. The van der Waals surface area contributed by atoms with E-state index >= 15 is 0 Å². The van der Waals surface area contributed by atoms with Gasteiger partial charge in [-0.1, -0.05) is 59.3 Å². The minimum atomic E-state index is -0.469. The van der Waals surface area contributed by atoms with Gasteiger partial charge in [0.2, 0.25) is 5.91 Å². The van der Waals surface area contributed by atoms with Gasteiger partial charge in [-0.2, -0.15) is 0 Å². The second kappa shape index (κ2) is 11.5. The van der Waals surface area contributed by atoms with E-state index in [9.17, 15) is 9.90 Å². The van der Waals surface area contributed by atoms with Crippen molar-refractivity contribution in [3.05, 3.63) is 0 Å². The molecule has 108 valence electrons. The molecule has 0 aromatic carbocycles. The Kier molecular flexibility index (Phi) is 11.2. The average Bonchev–Trinajstić information content (AvgIpc) is 2.35. The lowest BCUT2D eigenvalue weighted by Gasteiger charge is -2.13. The quantitative estimate of drug-likeness (QED) is 0.558. The van der Waals surface area contributed by atoms with Crippen molar-refractivity contribution in [3.63, 3.8) is 0 Å². The minimum absolute atomic E-state index is 0.0173. The molecule has 3 heteroatoms. The van der Waals surface area contributed by atoms with Gasteiger partial charge in [0.25, 0.3) is 0 Å². The standard InChI is InChI=1S/C15H31NO2/c1-4-6-7-8-9-10-14(17)11-15(18)16-12-13(3)5-2/h13-14,17H,4-12H2,1-3H3,(H,16,18). The third-order valence-electron chi connectivity index (χ3n) is 3.41. The molecule has 0 aromatic heterocycles. The first kappa shape index (κ1) is 17.4. The molecule has 2 N–H and O–H groups in total. The number of rotatable bonds is 11. The average molecular weight is 257 g/mol. The molecule has 3 nitrogen and oxygen atoms in total. The Morgan fingerprint density at radius 1 is 1.17 bits per heavy atom. The van der Waals surface area contributed by atoms with Crippen molar-refractivity contribution in [1.29, 1.82) is 0 Å². The second-order valence-electron chi connectivity index (χ2n) is 5.38. The predicted molar refractivity (Wildman–Crippen MR) is 76.5 cm³/mol. The summed E-state index contributed by atoms with van der Waals surface area (Å²) in [4.78, 5) is 11.5. The van der Waals surface area contributed by atoms with Gasteiger partial charge in [0.1, 0.15) is 0 Å². The van der Waals surface area contributed by atoms with E-state index in [2.05, 4.69) is 26.1 Å². The third kappa shape index (κ3) is 10.6. The van der Waals surface area contributed by atoms with Crippen LogP contribution in [0.2, 0.25) is 0 Å². The van der Waals surface area contributed by atoms with Gasteiger partial charge >= 0.3 is 0 Å². The van der Waals surface area contributed by atoms with E-state index in [0.29, 0.717) is 5.92 Å². The molecule has 0 aliphatic carbocycles. The van der Waals surface area contributed by atoms with Crippen LogP contribution in [0.4, 0.5) is 0 Å². The Hall–Kier alpha value is -0.570. The zero-order chi connectivity index (χ0) is 13.8. The molecule has 0 heterocycles. The van der Waals surface area contributed by atoms with Gasteiger partial charge < -0.3 is 10.4 Å². The molecular formula is C15H31NO2. The lowest BCUT2D eigenvalue weighted by molar-refractivity contribution is -0.123. The molecule has 1 amide bonds. The first-order valence-electron chi connectivity index (χ1n) is 7.54. The van der Waals surface area contributed by atoms with E-state index in [1.807, 2.05) is 0 Å². The van der Waals surface area contributed by atoms with Crippen molar-refractivity contribution in [1.82, 2.24) is 5.32 Å². The maximum Gasteiger partial charge on any atom is 0.222 e. The van der Waals surface area contributed by atoms with Crippen LogP contribution in [0.15, 0.2) is 0 Å². The van der Waals surface area contributed by atoms with Crippen LogP contribution >= 0.6 is 0 Å². The molecule has 0 aliphatic rings. The first-order valence-corrected chi connectivity index (χ1v) is 7.54. The van der Waals surface area contributed by atoms with E-state index in [1.165, 1.54) is 25.7 Å². The smallest absolute Gasteiger partial charge is 0.222 e. The summed E-state index contributed by atoms with van der Waals surface area (Å²) in [6.07, 6.45) is 7.54. The van der Waals surface area contributed by atoms with Crippen molar-refractivity contribution in [2.75, 3.05) is 6.54 Å². The van der Waals surface area contributed by atoms with Gasteiger partial charge in [0.15, 0.2) is 0 Å². The molecule has 0 saturated carbocycles. The molecular weight excluding hydrogens is 226 g/mol. The highest BCUT2D eigenvalue weighted by Gasteiger charge is 2.10. The minimum Gasteiger partial charge on any atom is -0.393 e. The molecule has 0 bridgehead atoms. The van der Waals surface area contributed by atoms with Gasteiger partial charge in [-0.05, 0) is 12.3 Å². The molecule has 18 heavy (non-hydrogen) atoms. The molecule has 0 fully saturated rings. The van der Waals surface area contributed by atoms with E-state index in [1.54, 1.807) is 0 Å². The first-order chi connectivity index (χ1) is 8.60. The highest BCUT2D eigenvalue weighted by molar-refractivity contribution is 5.76. The summed E-state index contributed by atoms with van der Waals surface area (Å²) in [7, 11) is 0. The van der Waals surface area contributed by atoms with Gasteiger partial charge in [-0.3, -0.25) is 4.79 Å². The summed E-state index contributed by atoms with van der Waals surface area (Å²) < 4.78 is 0. The fourth-order valence-corrected chi connectivity index (χ4v) is 1.80. The van der Waals surface area contributed by atoms with Crippen molar-refractivity contribution in [2.45, 2.75) is 78.2 Å². The number of carbonyl (C=O) groups is 1. The number of hydrogen-bond donors (Lipinski definition) is 2. The van der Waals surface area contributed by atoms with E-state index in [-0.39, 0.29) is 12.3 Å². The number of unbranched alkanes of at least 4 members (excludes halogenated alkanes) is 4. The van der Waals surface area contributed by atoms with Crippen molar-refractivity contribution < 1.29 is 9.90 Å². The molecule has 0 spiro atoms. The Balaban J connectivity index is 3.49. The van der Waals surface area contributed by atoms with Gasteiger partial charge in [0.05, 0.1) is 12.5 Å². The number of hydrogen-bond acceptors (Lipinski definition) is 2. The van der Waals surface area contributed by atoms with Crippen LogP contribution in [-0.4, -0.2) is 23.7 Å². The van der Waals surface area contributed by atoms with Crippen molar-refractivity contribution in [3.8, 4) is 0 Å². The molecule has 2 atom stereocenters. The summed E-state index contributed by atoms with van der Waals surface area (Å²) in [6.45, 7) is 7.14. The number of carbonyl (C=O) groups excluding carboxylic acids is 1. The second-order valence-corrected chi connectivity index (χ2v) is 5.38. The number of aliphatic hydroxyl groups excluding tert-OH is 1. The van der Waals surface area contributed by atoms with Crippen molar-refractivity contribution in [2.24, 2.45) is 5.92 Å². The largest absolute Gasteiger partial charge is 0.393 e. The van der Waals surface area contributed by atoms with Crippen LogP contribution in [0.1, 0.15) is 72.1 Å². The highest BCUT2D eigenvalue weighted by Crippen LogP contribution is 2.09. The summed E-state index contributed by atoms with van der Waals surface area (Å²) in [5.74, 6) is 0.497. The Morgan fingerprint density at radius 3 is 2.44 bits per heavy atom. The van der Waals surface area contributed by atoms with E-state index in [0.717, 1.165) is 25.8 Å². The summed E-state index contributed by atoms with van der Waals surface area (Å²) in [5.41, 5.74) is 0. The Bertz CT molecular complexity index is 207. The fourth-order valence-electron chi connectivity index (χ4n) is 1.80. The number of nitrogens with one attached hydrogen (secondary N) is 1. The maximum absolute atomic E-state index is 11.5. The lowest BCUT2D eigenvalue weighted by Crippen LogP contribution is -2.30. The van der Waals surface area contributed by atoms with E-state index in [4.69, 9.17) is 0 Å². The zero-order valence-corrected chi connectivity index (χ0v) is 12.4. The normalized spacial score (nSPS) is 14.2. The summed E-state index contributed by atoms with van der Waals surface area (Å²) in [5, 5.41) is 12.6. The highest BCUT2D eigenvalue weighted by atomic mass is 16.3. The van der Waals surface area contributed by atoms with Gasteiger partial charge in [-0.15, -0.1) is 0 Å². The number of amides is 1. The van der Waals surface area contributed by atoms with Crippen LogP contribution in [0.5, 0.6) is 0 Å². The topological polar surface area (TPSA) is 49.3 Å². The monoisotopic (exact) mass is 257 g/mol. The lowest BCUT2D eigenvalue weighted by atomic mass is 10.1. The Labute approximate surface area is 112 Å². The van der Waals surface area contributed by atoms with Crippen LogP contribution in [0, 0.1) is 5.92 Å². The van der Waals surface area contributed by atoms with Crippen LogP contribution < -0.4 is 5.32 Å². The predicted octanol–water partition coefficient (Wildman–Crippen LogP) is 3.26. The fraction of sp³-hybridized carbons (Fsp3) is 0.933. The molecule has 0 aromatic rings. The summed E-state index contributed by atoms with van der Waals surface area (Å²) >= 11 is 0. The third-order valence-corrected chi connectivity index (χ3v) is 3.41. The van der Waals surface area contributed by atoms with Crippen LogP contribution in [0.3, 0.4) is 0 Å². The molecule has 2 unspecified atom stereocenters. The van der Waals surface area contributed by atoms with Gasteiger partial charge in [-0.25, -0.2) is 0 Å². The van der Waals surface area contributed by atoms with Crippen molar-refractivity contribution >= 4 is 5.91 Å². The maximum atomic E-state index is 11.5. The van der Waals surface area contributed by atoms with Crippen LogP contribution in [-0.2, 0) is 4.79 Å². The van der Waals surface area contributed by atoms with E-state index < -0.39 is 6.10 Å². The van der Waals surface area contributed by atoms with Crippen LogP contribution in [0.25, 0.3) is 0 Å². The molecule has 0 rings (SSSR count). The summed E-state index contributed by atoms with van der Waals surface area (Å²) in [6, 6.07) is 0. The molecule has 0 saturated heterocycles. The molecule has 0 radical (unpaired) electrons. The van der Waals surface area contributed by atoms with Gasteiger partial charge in [0, 0.05) is 6.54 Å². The molecule has 0 aliphatic heterocycles. The SMILES string of the molecule is CCCCCCCC(O)CC(=O)NCC(C)CC. The zero-order valence-electron chi connectivity index (χ0n) is 12.4.